The van der Waals surface area contributed by atoms with Crippen molar-refractivity contribution in [2.45, 2.75) is 0 Å². The van der Waals surface area contributed by atoms with Crippen LogP contribution in [0.4, 0.5) is 5.82 Å². The molecule has 0 radical (unpaired) electrons. The van der Waals surface area contributed by atoms with Crippen molar-refractivity contribution < 1.29 is 10.2 Å². The highest BCUT2D eigenvalue weighted by Gasteiger charge is 2.02. The molecule has 5 heteroatoms. The Morgan fingerprint density at radius 3 is 2.76 bits per heavy atom. The van der Waals surface area contributed by atoms with E-state index in [1.54, 1.807) is 30.5 Å². The first kappa shape index (κ1) is 10.9. The van der Waals surface area contributed by atoms with E-state index in [-0.39, 0.29) is 11.5 Å². The van der Waals surface area contributed by atoms with Crippen molar-refractivity contribution in [2.75, 3.05) is 5.43 Å². The number of benzene rings is 1. The Bertz CT molecular complexity index is 527. The van der Waals surface area contributed by atoms with Gasteiger partial charge in [0, 0.05) is 11.8 Å². The smallest absolute Gasteiger partial charge is 0.166 e. The lowest BCUT2D eigenvalue weighted by molar-refractivity contribution is 0.403. The van der Waals surface area contributed by atoms with Crippen LogP contribution in [0.25, 0.3) is 0 Å². The van der Waals surface area contributed by atoms with Crippen molar-refractivity contribution in [3.63, 3.8) is 0 Å². The third kappa shape index (κ3) is 2.72. The number of aromatic nitrogens is 1. The van der Waals surface area contributed by atoms with Crippen LogP contribution in [0.5, 0.6) is 11.5 Å². The SMILES string of the molecule is Oc1cccc(C=NNc2ccccn2)c1O. The molecule has 2 rings (SSSR count). The van der Waals surface area contributed by atoms with Gasteiger partial charge in [0.25, 0.3) is 0 Å². The van der Waals surface area contributed by atoms with E-state index in [9.17, 15) is 10.2 Å². The summed E-state index contributed by atoms with van der Waals surface area (Å²) in [6.45, 7) is 0. The van der Waals surface area contributed by atoms with Crippen molar-refractivity contribution in [3.8, 4) is 11.5 Å². The lowest BCUT2D eigenvalue weighted by atomic mass is 10.2. The van der Waals surface area contributed by atoms with E-state index in [1.165, 1.54) is 12.3 Å². The van der Waals surface area contributed by atoms with Crippen LogP contribution in [0.15, 0.2) is 47.7 Å². The Labute approximate surface area is 98.1 Å². The van der Waals surface area contributed by atoms with Gasteiger partial charge in [-0.15, -0.1) is 0 Å². The molecule has 0 atom stereocenters. The monoisotopic (exact) mass is 229 g/mol. The second kappa shape index (κ2) is 4.98. The van der Waals surface area contributed by atoms with Crippen LogP contribution in [-0.2, 0) is 0 Å². The minimum atomic E-state index is -0.195. The molecule has 1 aromatic carbocycles. The summed E-state index contributed by atoms with van der Waals surface area (Å²) in [6.07, 6.45) is 3.05. The molecular weight excluding hydrogens is 218 g/mol. The third-order valence-electron chi connectivity index (χ3n) is 2.09. The van der Waals surface area contributed by atoms with Crippen molar-refractivity contribution in [3.05, 3.63) is 48.2 Å². The quantitative estimate of drug-likeness (QED) is 0.427. The number of phenols is 2. The van der Waals surface area contributed by atoms with Crippen LogP contribution < -0.4 is 5.43 Å². The maximum atomic E-state index is 9.51. The molecule has 0 saturated heterocycles. The number of hydrazone groups is 1. The van der Waals surface area contributed by atoms with Gasteiger partial charge in [-0.1, -0.05) is 12.1 Å². The number of pyridine rings is 1. The van der Waals surface area contributed by atoms with Crippen LogP contribution in [0.1, 0.15) is 5.56 Å². The maximum Gasteiger partial charge on any atom is 0.166 e. The summed E-state index contributed by atoms with van der Waals surface area (Å²) in [5.74, 6) is 0.231. The summed E-state index contributed by atoms with van der Waals surface area (Å²) < 4.78 is 0. The summed E-state index contributed by atoms with van der Waals surface area (Å²) in [5.41, 5.74) is 3.13. The van der Waals surface area contributed by atoms with Gasteiger partial charge in [0.1, 0.15) is 5.82 Å². The fraction of sp³-hybridized carbons (Fsp3) is 0. The molecule has 0 aliphatic carbocycles. The zero-order valence-electron chi connectivity index (χ0n) is 8.91. The molecule has 1 heterocycles. The fourth-order valence-corrected chi connectivity index (χ4v) is 1.25. The van der Waals surface area contributed by atoms with E-state index in [4.69, 9.17) is 0 Å². The Balaban J connectivity index is 2.09. The number of anilines is 1. The van der Waals surface area contributed by atoms with Gasteiger partial charge in [0.05, 0.1) is 6.21 Å². The number of hydrogen-bond acceptors (Lipinski definition) is 5. The van der Waals surface area contributed by atoms with E-state index >= 15 is 0 Å². The Morgan fingerprint density at radius 2 is 2.00 bits per heavy atom. The normalized spacial score (nSPS) is 10.6. The van der Waals surface area contributed by atoms with Crippen LogP contribution in [-0.4, -0.2) is 21.4 Å². The van der Waals surface area contributed by atoms with Crippen molar-refractivity contribution in [1.29, 1.82) is 0 Å². The molecule has 0 unspecified atom stereocenters. The van der Waals surface area contributed by atoms with Gasteiger partial charge >= 0.3 is 0 Å². The lowest BCUT2D eigenvalue weighted by Crippen LogP contribution is -1.92. The minimum absolute atomic E-state index is 0.174. The summed E-state index contributed by atoms with van der Waals surface area (Å²) in [7, 11) is 0. The van der Waals surface area contributed by atoms with E-state index in [0.29, 0.717) is 11.4 Å². The Kier molecular flexibility index (Phi) is 3.20. The zero-order valence-corrected chi connectivity index (χ0v) is 8.91. The van der Waals surface area contributed by atoms with Gasteiger partial charge in [-0.25, -0.2) is 4.98 Å². The van der Waals surface area contributed by atoms with Crippen LogP contribution in [0.2, 0.25) is 0 Å². The molecular formula is C12H11N3O2. The standard InChI is InChI=1S/C12H11N3O2/c16-10-5-3-4-9(12(10)17)8-14-15-11-6-1-2-7-13-11/h1-8,16-17H,(H,13,15). The van der Waals surface area contributed by atoms with Gasteiger partial charge < -0.3 is 10.2 Å². The van der Waals surface area contributed by atoms with E-state index in [2.05, 4.69) is 15.5 Å². The first-order chi connectivity index (χ1) is 8.27. The summed E-state index contributed by atoms with van der Waals surface area (Å²) >= 11 is 0. The number of phenolic OH excluding ortho intramolecular Hbond substituents is 2. The van der Waals surface area contributed by atoms with E-state index < -0.39 is 0 Å². The molecule has 17 heavy (non-hydrogen) atoms. The molecule has 0 spiro atoms. The molecule has 0 bridgehead atoms. The van der Waals surface area contributed by atoms with Crippen LogP contribution >= 0.6 is 0 Å². The Hall–Kier alpha value is -2.56. The number of nitrogens with one attached hydrogen (secondary N) is 1. The van der Waals surface area contributed by atoms with Crippen LogP contribution in [0.3, 0.4) is 0 Å². The third-order valence-corrected chi connectivity index (χ3v) is 2.09. The second-order valence-corrected chi connectivity index (χ2v) is 3.30. The molecule has 0 amide bonds. The van der Waals surface area contributed by atoms with Crippen molar-refractivity contribution in [2.24, 2.45) is 5.10 Å². The van der Waals surface area contributed by atoms with Gasteiger partial charge in [-0.3, -0.25) is 5.43 Å². The number of para-hydroxylation sites is 1. The second-order valence-electron chi connectivity index (χ2n) is 3.30. The maximum absolute atomic E-state index is 9.51. The first-order valence-corrected chi connectivity index (χ1v) is 4.98. The zero-order chi connectivity index (χ0) is 12.1. The lowest BCUT2D eigenvalue weighted by Gasteiger charge is -2.01. The molecule has 0 fully saturated rings. The highest BCUT2D eigenvalue weighted by Crippen LogP contribution is 2.26. The van der Waals surface area contributed by atoms with Gasteiger partial charge in [0.15, 0.2) is 11.5 Å². The molecule has 0 aliphatic rings. The topological polar surface area (TPSA) is 77.7 Å². The molecule has 3 N–H and O–H groups in total. The van der Waals surface area contributed by atoms with Crippen molar-refractivity contribution in [1.82, 2.24) is 4.98 Å². The largest absolute Gasteiger partial charge is 0.504 e. The first-order valence-electron chi connectivity index (χ1n) is 4.98. The van der Waals surface area contributed by atoms with Gasteiger partial charge in [-0.2, -0.15) is 5.10 Å². The molecule has 86 valence electrons. The average molecular weight is 229 g/mol. The molecule has 0 saturated carbocycles. The van der Waals surface area contributed by atoms with E-state index in [1.807, 2.05) is 6.07 Å². The number of nitrogens with zero attached hydrogens (tertiary/aromatic N) is 2. The number of aromatic hydroxyl groups is 2. The molecule has 2 aromatic rings. The summed E-state index contributed by atoms with van der Waals surface area (Å²) in [6, 6.07) is 10.1. The highest BCUT2D eigenvalue weighted by molar-refractivity contribution is 5.85. The highest BCUT2D eigenvalue weighted by atomic mass is 16.3. The predicted octanol–water partition coefficient (Wildman–Crippen LogP) is 1.94. The van der Waals surface area contributed by atoms with Crippen LogP contribution in [0, 0.1) is 0 Å². The molecule has 0 aliphatic heterocycles. The van der Waals surface area contributed by atoms with E-state index in [0.717, 1.165) is 0 Å². The Morgan fingerprint density at radius 1 is 1.12 bits per heavy atom. The molecule has 5 nitrogen and oxygen atoms in total. The van der Waals surface area contributed by atoms with Gasteiger partial charge in [-0.05, 0) is 24.3 Å². The van der Waals surface area contributed by atoms with Crippen molar-refractivity contribution >= 4 is 12.0 Å². The number of rotatable bonds is 3. The minimum Gasteiger partial charge on any atom is -0.504 e. The predicted molar refractivity (Wildman–Crippen MR) is 65.2 cm³/mol. The summed E-state index contributed by atoms with van der Waals surface area (Å²) in [4.78, 5) is 4.01. The summed E-state index contributed by atoms with van der Waals surface area (Å²) in [5, 5.41) is 22.7. The average Bonchev–Trinajstić information content (AvgIpc) is 2.36. The number of hydrogen-bond donors (Lipinski definition) is 3. The fourth-order valence-electron chi connectivity index (χ4n) is 1.25. The van der Waals surface area contributed by atoms with Gasteiger partial charge in [0.2, 0.25) is 0 Å². The molecule has 1 aromatic heterocycles.